The van der Waals surface area contributed by atoms with Crippen LogP contribution in [0.1, 0.15) is 45.9 Å². The summed E-state index contributed by atoms with van der Waals surface area (Å²) in [6.45, 7) is 2.09. The van der Waals surface area contributed by atoms with E-state index in [9.17, 15) is 14.3 Å². The Bertz CT molecular complexity index is 1110. The van der Waals surface area contributed by atoms with Gasteiger partial charge in [0.15, 0.2) is 0 Å². The maximum absolute atomic E-state index is 14.1. The fourth-order valence-electron chi connectivity index (χ4n) is 5.38. The van der Waals surface area contributed by atoms with E-state index in [1.54, 1.807) is 18.2 Å². The third-order valence-electron chi connectivity index (χ3n) is 7.14. The number of carbonyl (C=O) groups is 1. The van der Waals surface area contributed by atoms with Gasteiger partial charge in [0.2, 0.25) is 0 Å². The Kier molecular flexibility index (Phi) is 5.53. The van der Waals surface area contributed by atoms with Gasteiger partial charge in [0, 0.05) is 23.1 Å². The Labute approximate surface area is 187 Å². The predicted molar refractivity (Wildman–Crippen MR) is 122 cm³/mol. The largest absolute Gasteiger partial charge is 0.390 e. The maximum Gasteiger partial charge on any atom is 0.251 e. The number of fused-ring (bicyclic) bond motifs is 2. The van der Waals surface area contributed by atoms with Crippen molar-refractivity contribution in [2.24, 2.45) is 0 Å². The van der Waals surface area contributed by atoms with Gasteiger partial charge in [-0.3, -0.25) is 9.69 Å². The van der Waals surface area contributed by atoms with Crippen molar-refractivity contribution in [3.63, 3.8) is 0 Å². The summed E-state index contributed by atoms with van der Waals surface area (Å²) in [5, 5.41) is 14.6. The van der Waals surface area contributed by atoms with Gasteiger partial charge in [-0.05, 0) is 55.3 Å². The number of carbonyl (C=O) groups excluding carboxylic acids is 1. The molecule has 0 bridgehead atoms. The zero-order valence-electron chi connectivity index (χ0n) is 17.9. The van der Waals surface area contributed by atoms with Crippen molar-refractivity contribution in [1.29, 1.82) is 0 Å². The van der Waals surface area contributed by atoms with Crippen LogP contribution in [0.3, 0.4) is 0 Å². The number of hydrogen-bond donors (Lipinski definition) is 2. The van der Waals surface area contributed by atoms with Gasteiger partial charge in [0.1, 0.15) is 5.82 Å². The number of hydrogen-bond acceptors (Lipinski definition) is 3. The average molecular weight is 431 g/mol. The molecule has 164 valence electrons. The van der Waals surface area contributed by atoms with Gasteiger partial charge in [-0.25, -0.2) is 4.39 Å². The highest BCUT2D eigenvalue weighted by Crippen LogP contribution is 2.51. The fraction of sp³-hybridized carbons (Fsp3) is 0.296. The van der Waals surface area contributed by atoms with Gasteiger partial charge in [0.05, 0.1) is 12.1 Å². The van der Waals surface area contributed by atoms with Crippen molar-refractivity contribution >= 4 is 5.91 Å². The SMILES string of the molecule is O=C(N[C@@H]1c2ccccc2C2(CCN(Cc3ccccc3F)CC2)[C@H]1O)c1ccccc1. The van der Waals surface area contributed by atoms with E-state index < -0.39 is 17.6 Å². The molecule has 2 N–H and O–H groups in total. The van der Waals surface area contributed by atoms with Crippen LogP contribution >= 0.6 is 0 Å². The minimum atomic E-state index is -0.705. The summed E-state index contributed by atoms with van der Waals surface area (Å²) in [4.78, 5) is 15.1. The van der Waals surface area contributed by atoms with Crippen LogP contribution in [0, 0.1) is 5.82 Å². The van der Waals surface area contributed by atoms with Gasteiger partial charge in [-0.2, -0.15) is 0 Å². The molecule has 3 aromatic rings. The molecule has 1 spiro atoms. The topological polar surface area (TPSA) is 52.6 Å². The van der Waals surface area contributed by atoms with Crippen LogP contribution in [0.5, 0.6) is 0 Å². The van der Waals surface area contributed by atoms with Crippen molar-refractivity contribution < 1.29 is 14.3 Å². The first-order valence-corrected chi connectivity index (χ1v) is 11.2. The summed E-state index contributed by atoms with van der Waals surface area (Å²) in [7, 11) is 0. The van der Waals surface area contributed by atoms with Crippen LogP contribution in [-0.2, 0) is 12.0 Å². The van der Waals surface area contributed by atoms with E-state index in [1.807, 2.05) is 48.5 Å². The number of benzene rings is 3. The van der Waals surface area contributed by atoms with Crippen molar-refractivity contribution in [2.45, 2.75) is 36.9 Å². The number of aliphatic hydroxyl groups excluding tert-OH is 1. The summed E-state index contributed by atoms with van der Waals surface area (Å²) < 4.78 is 14.1. The van der Waals surface area contributed by atoms with Crippen molar-refractivity contribution in [3.8, 4) is 0 Å². The second kappa shape index (κ2) is 8.49. The molecule has 5 heteroatoms. The normalized spacial score (nSPS) is 21.9. The number of likely N-dealkylation sites (tertiary alicyclic amines) is 1. The molecule has 3 aromatic carbocycles. The quantitative estimate of drug-likeness (QED) is 0.652. The first kappa shape index (κ1) is 20.9. The molecule has 1 aliphatic heterocycles. The Balaban J connectivity index is 1.36. The predicted octanol–water partition coefficient (Wildman–Crippen LogP) is 4.21. The zero-order chi connectivity index (χ0) is 22.1. The second-order valence-corrected chi connectivity index (χ2v) is 8.87. The number of amides is 1. The lowest BCUT2D eigenvalue weighted by Crippen LogP contribution is -2.49. The highest BCUT2D eigenvalue weighted by molar-refractivity contribution is 5.94. The number of nitrogens with one attached hydrogen (secondary N) is 1. The van der Waals surface area contributed by atoms with Crippen LogP contribution in [0.15, 0.2) is 78.9 Å². The summed E-state index contributed by atoms with van der Waals surface area (Å²) >= 11 is 0. The van der Waals surface area contributed by atoms with Crippen molar-refractivity contribution in [3.05, 3.63) is 107 Å². The second-order valence-electron chi connectivity index (χ2n) is 8.87. The van der Waals surface area contributed by atoms with Crippen LogP contribution in [0.25, 0.3) is 0 Å². The number of nitrogens with zero attached hydrogens (tertiary/aromatic N) is 1. The third kappa shape index (κ3) is 3.61. The average Bonchev–Trinajstić information content (AvgIpc) is 3.05. The standard InChI is InChI=1S/C27H27FN2O2/c28-23-13-7-4-10-20(23)18-30-16-14-27(15-17-30)22-12-6-5-11-21(22)24(25(27)31)29-26(32)19-8-2-1-3-9-19/h1-13,24-25,31H,14-18H2,(H,29,32)/t24-,25+/m1/s1. The molecular formula is C27H27FN2O2. The molecule has 0 radical (unpaired) electrons. The van der Waals surface area contributed by atoms with E-state index in [1.165, 1.54) is 6.07 Å². The van der Waals surface area contributed by atoms with Gasteiger partial charge in [0.25, 0.3) is 5.91 Å². The zero-order valence-corrected chi connectivity index (χ0v) is 17.9. The molecule has 1 heterocycles. The first-order chi connectivity index (χ1) is 15.6. The van der Waals surface area contributed by atoms with Crippen LogP contribution in [-0.4, -0.2) is 35.1 Å². The van der Waals surface area contributed by atoms with Crippen LogP contribution < -0.4 is 5.32 Å². The molecule has 0 saturated carbocycles. The molecule has 1 amide bonds. The highest BCUT2D eigenvalue weighted by Gasteiger charge is 2.52. The molecule has 1 fully saturated rings. The van der Waals surface area contributed by atoms with E-state index in [-0.39, 0.29) is 11.7 Å². The van der Waals surface area contributed by atoms with Gasteiger partial charge in [-0.1, -0.05) is 60.7 Å². The van der Waals surface area contributed by atoms with Gasteiger partial charge in [-0.15, -0.1) is 0 Å². The Morgan fingerprint density at radius 3 is 2.38 bits per heavy atom. The summed E-state index contributed by atoms with van der Waals surface area (Å²) in [6, 6.07) is 23.6. The Hall–Kier alpha value is -3.02. The Morgan fingerprint density at radius 1 is 0.969 bits per heavy atom. The van der Waals surface area contributed by atoms with E-state index in [2.05, 4.69) is 16.3 Å². The fourth-order valence-corrected chi connectivity index (χ4v) is 5.38. The first-order valence-electron chi connectivity index (χ1n) is 11.2. The maximum atomic E-state index is 14.1. The molecular weight excluding hydrogens is 403 g/mol. The summed E-state index contributed by atoms with van der Waals surface area (Å²) in [5.41, 5.74) is 2.99. The van der Waals surface area contributed by atoms with E-state index >= 15 is 0 Å². The molecule has 2 atom stereocenters. The van der Waals surface area contributed by atoms with E-state index in [0.29, 0.717) is 17.7 Å². The molecule has 0 aromatic heterocycles. The Morgan fingerprint density at radius 2 is 1.62 bits per heavy atom. The van der Waals surface area contributed by atoms with Gasteiger partial charge < -0.3 is 10.4 Å². The van der Waals surface area contributed by atoms with Crippen molar-refractivity contribution in [1.82, 2.24) is 10.2 Å². The van der Waals surface area contributed by atoms with Gasteiger partial charge >= 0.3 is 0 Å². The third-order valence-corrected chi connectivity index (χ3v) is 7.14. The van der Waals surface area contributed by atoms with Crippen molar-refractivity contribution in [2.75, 3.05) is 13.1 Å². The minimum Gasteiger partial charge on any atom is -0.390 e. The molecule has 1 aliphatic carbocycles. The number of halogens is 1. The monoisotopic (exact) mass is 430 g/mol. The lowest BCUT2D eigenvalue weighted by molar-refractivity contribution is 0.0191. The molecule has 0 unspecified atom stereocenters. The summed E-state index contributed by atoms with van der Waals surface area (Å²) in [6.07, 6.45) is 0.817. The molecule has 32 heavy (non-hydrogen) atoms. The highest BCUT2D eigenvalue weighted by atomic mass is 19.1. The molecule has 5 rings (SSSR count). The minimum absolute atomic E-state index is 0.178. The number of aliphatic hydroxyl groups is 1. The lowest BCUT2D eigenvalue weighted by Gasteiger charge is -2.43. The van der Waals surface area contributed by atoms with Crippen LogP contribution in [0.2, 0.25) is 0 Å². The molecule has 2 aliphatic rings. The number of piperidine rings is 1. The summed E-state index contributed by atoms with van der Waals surface area (Å²) in [5.74, 6) is -0.360. The molecule has 1 saturated heterocycles. The van der Waals surface area contributed by atoms with E-state index in [0.717, 1.165) is 37.1 Å². The smallest absolute Gasteiger partial charge is 0.251 e. The molecule has 4 nitrogen and oxygen atoms in total. The lowest BCUT2D eigenvalue weighted by atomic mass is 9.72. The van der Waals surface area contributed by atoms with Crippen LogP contribution in [0.4, 0.5) is 4.39 Å². The number of rotatable bonds is 4. The van der Waals surface area contributed by atoms with E-state index in [4.69, 9.17) is 0 Å².